The first kappa shape index (κ1) is 22.8. The van der Waals surface area contributed by atoms with Crippen LogP contribution in [0, 0.1) is 5.82 Å². The van der Waals surface area contributed by atoms with E-state index in [1.54, 1.807) is 12.1 Å². The number of ether oxygens (including phenoxy) is 2. The van der Waals surface area contributed by atoms with Crippen molar-refractivity contribution in [2.75, 3.05) is 19.7 Å². The number of carbonyl (C=O) groups excluding carboxylic acids is 1. The minimum absolute atomic E-state index is 0.0106. The van der Waals surface area contributed by atoms with Gasteiger partial charge in [0.05, 0.1) is 16.0 Å². The minimum atomic E-state index is -0.702. The van der Waals surface area contributed by atoms with E-state index in [1.807, 2.05) is 13.8 Å². The van der Waals surface area contributed by atoms with Gasteiger partial charge >= 0.3 is 0 Å². The number of likely N-dealkylation sites (tertiary alicyclic amines) is 1. The van der Waals surface area contributed by atoms with Gasteiger partial charge in [0.1, 0.15) is 24.3 Å². The van der Waals surface area contributed by atoms with Crippen molar-refractivity contribution in [3.63, 3.8) is 0 Å². The molecule has 0 spiro atoms. The molecule has 1 aliphatic heterocycles. The van der Waals surface area contributed by atoms with E-state index >= 15 is 0 Å². The van der Waals surface area contributed by atoms with E-state index < -0.39 is 10.7 Å². The molecule has 170 valence electrons. The Kier molecular flexibility index (Phi) is 6.05. The maximum atomic E-state index is 13.6. The molecule has 5 rings (SSSR count). The highest BCUT2D eigenvalue weighted by atomic mass is 35.5. The molecule has 2 unspecified atom stereocenters. The Bertz CT molecular complexity index is 859. The SMILES string of the molecule is C=CC(C)(Cl)[C@H](C)OCC(=O)NC12CC(N3CCC(Oc4ccc(Cl)c(F)c4)C3)(C1)C2. The molecule has 4 aliphatic rings. The molecule has 8 heteroatoms. The van der Waals surface area contributed by atoms with Crippen molar-refractivity contribution in [1.82, 2.24) is 10.2 Å². The van der Waals surface area contributed by atoms with Gasteiger partial charge in [-0.1, -0.05) is 17.7 Å². The molecule has 1 aromatic rings. The van der Waals surface area contributed by atoms with E-state index in [-0.39, 0.29) is 40.8 Å². The Morgan fingerprint density at radius 1 is 1.48 bits per heavy atom. The maximum absolute atomic E-state index is 13.6. The van der Waals surface area contributed by atoms with Gasteiger partial charge in [-0.25, -0.2) is 4.39 Å². The van der Waals surface area contributed by atoms with E-state index in [0.717, 1.165) is 38.8 Å². The summed E-state index contributed by atoms with van der Waals surface area (Å²) in [5, 5.41) is 3.25. The Balaban J connectivity index is 1.21. The van der Waals surface area contributed by atoms with E-state index in [4.69, 9.17) is 32.7 Å². The van der Waals surface area contributed by atoms with Crippen molar-refractivity contribution in [1.29, 1.82) is 0 Å². The highest BCUT2D eigenvalue weighted by molar-refractivity contribution is 6.30. The molecule has 4 fully saturated rings. The number of benzene rings is 1. The number of hydrogen-bond acceptors (Lipinski definition) is 4. The van der Waals surface area contributed by atoms with Crippen LogP contribution >= 0.6 is 23.2 Å². The molecule has 3 atom stereocenters. The summed E-state index contributed by atoms with van der Waals surface area (Å²) in [6.45, 7) is 9.09. The lowest BCUT2D eigenvalue weighted by Gasteiger charge is -2.73. The van der Waals surface area contributed by atoms with Crippen LogP contribution in [0.1, 0.15) is 39.5 Å². The molecule has 1 aromatic carbocycles. The molecule has 31 heavy (non-hydrogen) atoms. The van der Waals surface area contributed by atoms with Gasteiger partial charge in [0, 0.05) is 30.2 Å². The van der Waals surface area contributed by atoms with E-state index in [2.05, 4.69) is 16.8 Å². The number of carbonyl (C=O) groups is 1. The lowest BCUT2D eigenvalue weighted by atomic mass is 9.43. The Hall–Kier alpha value is -1.34. The van der Waals surface area contributed by atoms with Gasteiger partial charge in [-0.3, -0.25) is 9.69 Å². The monoisotopic (exact) mass is 470 g/mol. The Labute approximate surface area is 192 Å². The minimum Gasteiger partial charge on any atom is -0.489 e. The van der Waals surface area contributed by atoms with Gasteiger partial charge in [-0.15, -0.1) is 18.2 Å². The first-order valence-electron chi connectivity index (χ1n) is 10.7. The van der Waals surface area contributed by atoms with Crippen molar-refractivity contribution in [2.45, 2.75) is 67.7 Å². The third-order valence-corrected chi connectivity index (χ3v) is 7.84. The smallest absolute Gasteiger partial charge is 0.246 e. The van der Waals surface area contributed by atoms with Gasteiger partial charge in [-0.05, 0) is 51.7 Å². The largest absolute Gasteiger partial charge is 0.489 e. The fourth-order valence-corrected chi connectivity index (χ4v) is 5.24. The van der Waals surface area contributed by atoms with Gasteiger partial charge in [-0.2, -0.15) is 0 Å². The van der Waals surface area contributed by atoms with Crippen LogP contribution in [0.15, 0.2) is 30.9 Å². The standard InChI is InChI=1S/C23H29Cl2FN2O3/c1-4-21(3,25)15(2)30-11-20(29)27-22-12-23(13-22,14-22)28-8-7-17(10-28)31-16-5-6-18(24)19(26)9-16/h4-6,9,15,17H,1,7-8,10-14H2,2-3H3,(H,27,29)/t15-,17?,21?,22?,23?/m0/s1. The van der Waals surface area contributed by atoms with Crippen LogP contribution in [0.3, 0.4) is 0 Å². The molecule has 1 N–H and O–H groups in total. The molecular weight excluding hydrogens is 442 g/mol. The van der Waals surface area contributed by atoms with Crippen LogP contribution < -0.4 is 10.1 Å². The zero-order chi connectivity index (χ0) is 22.4. The topological polar surface area (TPSA) is 50.8 Å². The molecule has 2 bridgehead atoms. The predicted octanol–water partition coefficient (Wildman–Crippen LogP) is 4.31. The van der Waals surface area contributed by atoms with Crippen LogP contribution in [-0.4, -0.2) is 58.7 Å². The second-order valence-corrected chi connectivity index (χ2v) is 10.7. The van der Waals surface area contributed by atoms with Gasteiger partial charge in [0.25, 0.3) is 0 Å². The summed E-state index contributed by atoms with van der Waals surface area (Å²) in [6.07, 6.45) is 5.09. The third-order valence-electron chi connectivity index (χ3n) is 7.08. The average molecular weight is 471 g/mol. The molecule has 1 saturated heterocycles. The zero-order valence-electron chi connectivity index (χ0n) is 17.9. The number of amides is 1. The highest BCUT2D eigenvalue weighted by Crippen LogP contribution is 2.64. The van der Waals surface area contributed by atoms with Crippen LogP contribution in [0.5, 0.6) is 5.75 Å². The average Bonchev–Trinajstić information content (AvgIpc) is 3.12. The maximum Gasteiger partial charge on any atom is 0.246 e. The number of hydrogen-bond donors (Lipinski definition) is 1. The molecular formula is C23H29Cl2FN2O3. The fraction of sp³-hybridized carbons (Fsp3) is 0.609. The summed E-state index contributed by atoms with van der Waals surface area (Å²) >= 11 is 12.0. The zero-order valence-corrected chi connectivity index (χ0v) is 19.4. The van der Waals surface area contributed by atoms with Crippen LogP contribution in [0.4, 0.5) is 4.39 Å². The summed E-state index contributed by atoms with van der Waals surface area (Å²) in [4.78, 5) is 14.1. The third kappa shape index (κ3) is 4.45. The van der Waals surface area contributed by atoms with Crippen molar-refractivity contribution < 1.29 is 18.7 Å². The van der Waals surface area contributed by atoms with Crippen molar-refractivity contribution in [2.24, 2.45) is 0 Å². The van der Waals surface area contributed by atoms with E-state index in [9.17, 15) is 9.18 Å². The van der Waals surface area contributed by atoms with Crippen LogP contribution in [0.2, 0.25) is 5.02 Å². The van der Waals surface area contributed by atoms with Crippen molar-refractivity contribution in [3.8, 4) is 5.75 Å². The fourth-order valence-electron chi connectivity index (χ4n) is 5.06. The van der Waals surface area contributed by atoms with Gasteiger partial charge < -0.3 is 14.8 Å². The summed E-state index contributed by atoms with van der Waals surface area (Å²) in [6, 6.07) is 4.55. The van der Waals surface area contributed by atoms with Gasteiger partial charge in [0.15, 0.2) is 0 Å². The Morgan fingerprint density at radius 2 is 2.19 bits per heavy atom. The molecule has 1 amide bonds. The Morgan fingerprint density at radius 3 is 2.84 bits per heavy atom. The van der Waals surface area contributed by atoms with E-state index in [0.29, 0.717) is 5.75 Å². The summed E-state index contributed by atoms with van der Waals surface area (Å²) in [5.74, 6) is -0.0671. The summed E-state index contributed by atoms with van der Waals surface area (Å²) in [5.41, 5.74) is 0.0486. The molecule has 0 radical (unpaired) electrons. The number of nitrogens with zero attached hydrogens (tertiary/aromatic N) is 1. The number of halogens is 3. The normalized spacial score (nSPS) is 32.4. The second kappa shape index (κ2) is 8.22. The number of nitrogens with one attached hydrogen (secondary N) is 1. The highest BCUT2D eigenvalue weighted by Gasteiger charge is 2.71. The lowest BCUT2D eigenvalue weighted by molar-refractivity contribution is -0.181. The molecule has 5 nitrogen and oxygen atoms in total. The van der Waals surface area contributed by atoms with Crippen molar-refractivity contribution >= 4 is 29.1 Å². The first-order chi connectivity index (χ1) is 14.6. The van der Waals surface area contributed by atoms with Crippen molar-refractivity contribution in [3.05, 3.63) is 41.7 Å². The lowest BCUT2D eigenvalue weighted by Crippen LogP contribution is -2.83. The number of rotatable bonds is 9. The van der Waals surface area contributed by atoms with Gasteiger partial charge in [0.2, 0.25) is 5.91 Å². The molecule has 3 aliphatic carbocycles. The summed E-state index contributed by atoms with van der Waals surface area (Å²) in [7, 11) is 0. The quantitative estimate of drug-likeness (QED) is 0.431. The molecule has 0 aromatic heterocycles. The van der Waals surface area contributed by atoms with E-state index in [1.165, 1.54) is 12.1 Å². The second-order valence-electron chi connectivity index (χ2n) is 9.44. The van der Waals surface area contributed by atoms with Crippen LogP contribution in [-0.2, 0) is 9.53 Å². The molecule has 3 saturated carbocycles. The van der Waals surface area contributed by atoms with Crippen LogP contribution in [0.25, 0.3) is 0 Å². The summed E-state index contributed by atoms with van der Waals surface area (Å²) < 4.78 is 25.2. The molecule has 1 heterocycles. The first-order valence-corrected chi connectivity index (χ1v) is 11.4. The number of alkyl halides is 1. The predicted molar refractivity (Wildman–Crippen MR) is 119 cm³/mol.